The fraction of sp³-hybridized carbons (Fsp3) is 0.467. The molecule has 1 aliphatic rings. The van der Waals surface area contributed by atoms with Gasteiger partial charge in [-0.2, -0.15) is 0 Å². The highest BCUT2D eigenvalue weighted by Crippen LogP contribution is 2.37. The number of hydrogen-bond acceptors (Lipinski definition) is 3. The maximum Gasteiger partial charge on any atom is 0.145 e. The van der Waals surface area contributed by atoms with E-state index >= 15 is 0 Å². The minimum Gasteiger partial charge on any atom is -0.393 e. The first-order valence-electron chi connectivity index (χ1n) is 6.58. The summed E-state index contributed by atoms with van der Waals surface area (Å²) < 4.78 is 2.12. The summed E-state index contributed by atoms with van der Waals surface area (Å²) in [6, 6.07) is 0.267. The topological polar surface area (TPSA) is 50.9 Å². The highest BCUT2D eigenvalue weighted by Gasteiger charge is 2.32. The third-order valence-electron chi connectivity index (χ3n) is 4.16. The molecule has 0 saturated heterocycles. The van der Waals surface area contributed by atoms with Gasteiger partial charge in [0.15, 0.2) is 0 Å². The summed E-state index contributed by atoms with van der Waals surface area (Å²) in [4.78, 5) is 8.60. The van der Waals surface area contributed by atoms with Gasteiger partial charge in [0, 0.05) is 12.2 Å². The second-order valence-corrected chi connectivity index (χ2v) is 5.42. The van der Waals surface area contributed by atoms with Crippen molar-refractivity contribution in [3.05, 3.63) is 23.8 Å². The number of terminal acetylenes is 1. The quantitative estimate of drug-likeness (QED) is 0.793. The van der Waals surface area contributed by atoms with Gasteiger partial charge in [-0.3, -0.25) is 0 Å². The van der Waals surface area contributed by atoms with Crippen LogP contribution in [-0.4, -0.2) is 25.7 Å². The lowest BCUT2D eigenvalue weighted by Gasteiger charge is -2.12. The van der Waals surface area contributed by atoms with Crippen LogP contribution in [-0.2, 0) is 0 Å². The molecule has 2 heterocycles. The van der Waals surface area contributed by atoms with Gasteiger partial charge in [-0.25, -0.2) is 9.97 Å². The number of aliphatic hydroxyl groups excluding tert-OH is 1. The minimum absolute atomic E-state index is 0.236. The van der Waals surface area contributed by atoms with Crippen molar-refractivity contribution >= 4 is 11.0 Å². The van der Waals surface area contributed by atoms with Crippen molar-refractivity contribution in [1.29, 1.82) is 0 Å². The first-order valence-corrected chi connectivity index (χ1v) is 6.58. The van der Waals surface area contributed by atoms with E-state index < -0.39 is 0 Å². The van der Waals surface area contributed by atoms with Gasteiger partial charge in [0.2, 0.25) is 0 Å². The maximum absolute atomic E-state index is 9.93. The molecule has 1 fully saturated rings. The smallest absolute Gasteiger partial charge is 0.145 e. The molecule has 1 aliphatic carbocycles. The largest absolute Gasteiger partial charge is 0.393 e. The Labute approximate surface area is 112 Å². The van der Waals surface area contributed by atoms with E-state index in [2.05, 4.69) is 27.4 Å². The average molecular weight is 255 g/mol. The van der Waals surface area contributed by atoms with E-state index in [-0.39, 0.29) is 12.1 Å². The highest BCUT2D eigenvalue weighted by atomic mass is 16.3. The average Bonchev–Trinajstić information content (AvgIpc) is 2.92. The van der Waals surface area contributed by atoms with Crippen molar-refractivity contribution in [1.82, 2.24) is 14.5 Å². The monoisotopic (exact) mass is 255 g/mol. The van der Waals surface area contributed by atoms with E-state index in [1.807, 2.05) is 13.1 Å². The lowest BCUT2D eigenvalue weighted by atomic mass is 10.1. The summed E-state index contributed by atoms with van der Waals surface area (Å²) in [6.07, 6.45) is 10.6. The molecule has 2 aromatic heterocycles. The molecule has 4 heteroatoms. The van der Waals surface area contributed by atoms with Crippen LogP contribution in [0.2, 0.25) is 0 Å². The lowest BCUT2D eigenvalue weighted by Crippen LogP contribution is -2.08. The van der Waals surface area contributed by atoms with Crippen molar-refractivity contribution in [2.75, 3.05) is 0 Å². The van der Waals surface area contributed by atoms with E-state index in [1.165, 1.54) is 0 Å². The van der Waals surface area contributed by atoms with E-state index in [0.717, 1.165) is 35.1 Å². The Morgan fingerprint density at radius 2 is 2.21 bits per heavy atom. The zero-order chi connectivity index (χ0) is 13.6. The number of fused-ring (bicyclic) bond motifs is 1. The minimum atomic E-state index is -0.236. The molecule has 19 heavy (non-hydrogen) atoms. The Balaban J connectivity index is 2.16. The fourth-order valence-corrected chi connectivity index (χ4v) is 3.05. The summed E-state index contributed by atoms with van der Waals surface area (Å²) >= 11 is 0. The predicted molar refractivity (Wildman–Crippen MR) is 73.6 cm³/mol. The normalized spacial score (nSPS) is 26.7. The molecule has 4 nitrogen and oxygen atoms in total. The van der Waals surface area contributed by atoms with Gasteiger partial charge < -0.3 is 9.67 Å². The van der Waals surface area contributed by atoms with Crippen LogP contribution < -0.4 is 0 Å². The maximum atomic E-state index is 9.93. The van der Waals surface area contributed by atoms with Crippen LogP contribution in [0.15, 0.2) is 12.5 Å². The first kappa shape index (κ1) is 12.2. The van der Waals surface area contributed by atoms with Gasteiger partial charge in [0.05, 0.1) is 22.7 Å². The summed E-state index contributed by atoms with van der Waals surface area (Å²) in [5.41, 5.74) is 2.62. The third-order valence-corrected chi connectivity index (χ3v) is 4.16. The molecule has 2 aromatic rings. The van der Waals surface area contributed by atoms with E-state index in [4.69, 9.17) is 6.42 Å². The second kappa shape index (κ2) is 4.36. The molecular formula is C15H17N3O. The van der Waals surface area contributed by atoms with Crippen LogP contribution in [0.5, 0.6) is 0 Å². The molecule has 0 spiro atoms. The van der Waals surface area contributed by atoms with Crippen LogP contribution in [0.25, 0.3) is 11.0 Å². The summed E-state index contributed by atoms with van der Waals surface area (Å²) in [6.45, 7) is 4.03. The van der Waals surface area contributed by atoms with Crippen LogP contribution in [0.1, 0.15) is 37.1 Å². The van der Waals surface area contributed by atoms with E-state index in [9.17, 15) is 5.11 Å². The summed E-state index contributed by atoms with van der Waals surface area (Å²) in [5.74, 6) is 3.03. The van der Waals surface area contributed by atoms with Crippen molar-refractivity contribution in [3.63, 3.8) is 0 Å². The van der Waals surface area contributed by atoms with Gasteiger partial charge in [-0.05, 0) is 25.7 Å². The Hall–Kier alpha value is -1.86. The molecule has 0 radical (unpaired) electrons. The molecule has 98 valence electrons. The molecule has 0 aromatic carbocycles. The van der Waals surface area contributed by atoms with Gasteiger partial charge in [0.25, 0.3) is 0 Å². The number of hydrogen-bond donors (Lipinski definition) is 1. The summed E-state index contributed by atoms with van der Waals surface area (Å²) in [7, 11) is 0. The number of aliphatic hydroxyl groups is 1. The van der Waals surface area contributed by atoms with E-state index in [1.54, 1.807) is 6.33 Å². The first-order chi connectivity index (χ1) is 9.11. The zero-order valence-corrected chi connectivity index (χ0v) is 11.2. The number of rotatable bonds is 1. The Kier molecular flexibility index (Phi) is 2.79. The molecule has 1 saturated carbocycles. The number of nitrogens with zero attached hydrogens (tertiary/aromatic N) is 3. The summed E-state index contributed by atoms with van der Waals surface area (Å²) in [5, 5.41) is 10.9. The molecule has 0 aliphatic heterocycles. The van der Waals surface area contributed by atoms with Crippen LogP contribution in [0, 0.1) is 25.2 Å². The number of aryl methyl sites for hydroxylation is 1. The predicted octanol–water partition coefficient (Wildman–Crippen LogP) is 2.05. The Bertz CT molecular complexity index is 658. The molecule has 1 N–H and O–H groups in total. The number of aromatic nitrogens is 3. The van der Waals surface area contributed by atoms with Crippen molar-refractivity contribution in [3.8, 4) is 12.3 Å². The SMILES string of the molecule is C#Cc1cn([C@@H]2C[C@H](C)[C@@H](O)C2)c2ncnc(C)c12. The molecule has 3 atom stereocenters. The fourth-order valence-electron chi connectivity index (χ4n) is 3.05. The zero-order valence-electron chi connectivity index (χ0n) is 11.2. The van der Waals surface area contributed by atoms with Crippen molar-refractivity contribution in [2.45, 2.75) is 38.8 Å². The lowest BCUT2D eigenvalue weighted by molar-refractivity contribution is 0.139. The van der Waals surface area contributed by atoms with Crippen LogP contribution in [0.4, 0.5) is 0 Å². The van der Waals surface area contributed by atoms with Crippen LogP contribution in [0.3, 0.4) is 0 Å². The standard InChI is InChI=1S/C15H17N3O/c1-4-11-7-18(12-5-9(2)13(19)6-12)15-14(11)10(3)16-8-17-15/h1,7-9,12-13,19H,5-6H2,2-3H3/t9-,12+,13-/m0/s1. The van der Waals surface area contributed by atoms with Crippen molar-refractivity contribution < 1.29 is 5.11 Å². The Morgan fingerprint density at radius 3 is 2.84 bits per heavy atom. The van der Waals surface area contributed by atoms with Crippen LogP contribution >= 0.6 is 0 Å². The molecular weight excluding hydrogens is 238 g/mol. The third kappa shape index (κ3) is 1.82. The van der Waals surface area contributed by atoms with Gasteiger partial charge in [0.1, 0.15) is 12.0 Å². The molecule has 0 amide bonds. The molecule has 0 unspecified atom stereocenters. The molecule has 3 rings (SSSR count). The molecule has 0 bridgehead atoms. The van der Waals surface area contributed by atoms with Crippen molar-refractivity contribution in [2.24, 2.45) is 5.92 Å². The van der Waals surface area contributed by atoms with E-state index in [0.29, 0.717) is 5.92 Å². The van der Waals surface area contributed by atoms with Gasteiger partial charge in [-0.15, -0.1) is 6.42 Å². The highest BCUT2D eigenvalue weighted by molar-refractivity contribution is 5.85. The van der Waals surface area contributed by atoms with Gasteiger partial charge in [-0.1, -0.05) is 12.8 Å². The Morgan fingerprint density at radius 1 is 1.42 bits per heavy atom. The second-order valence-electron chi connectivity index (χ2n) is 5.42. The van der Waals surface area contributed by atoms with Gasteiger partial charge >= 0.3 is 0 Å².